The molecule has 0 unspecified atom stereocenters. The van der Waals surface area contributed by atoms with Crippen molar-refractivity contribution in [3.63, 3.8) is 0 Å². The molecule has 0 radical (unpaired) electrons. The molecule has 0 saturated carbocycles. The molecule has 0 bridgehead atoms. The van der Waals surface area contributed by atoms with Gasteiger partial charge in [0, 0.05) is 17.0 Å². The van der Waals surface area contributed by atoms with E-state index in [1.54, 1.807) is 0 Å². The smallest absolute Gasteiger partial charge is 0.0447 e. The molecule has 0 aliphatic rings. The summed E-state index contributed by atoms with van der Waals surface area (Å²) in [6.07, 6.45) is 0.880. The van der Waals surface area contributed by atoms with Crippen LogP contribution in [0.25, 0.3) is 0 Å². The lowest BCUT2D eigenvalue weighted by Gasteiger charge is -1.96. The molecular weight excluding hydrogens is 168 g/mol. The normalized spacial score (nSPS) is 8.92. The predicted octanol–water partition coefficient (Wildman–Crippen LogP) is 3.41. The van der Waals surface area contributed by atoms with Crippen molar-refractivity contribution in [1.29, 1.82) is 0 Å². The third-order valence-corrected chi connectivity index (χ3v) is 1.99. The first-order chi connectivity index (χ1) is 5.74. The molecule has 0 nitrogen and oxygen atoms in total. The molecular formula is C11H11Cl. The SMILES string of the molecule is CCC#Cc1ccc(C)c(Cl)c1. The van der Waals surface area contributed by atoms with Gasteiger partial charge in [-0.25, -0.2) is 0 Å². The third kappa shape index (κ3) is 2.29. The number of halogens is 1. The lowest BCUT2D eigenvalue weighted by atomic mass is 10.1. The van der Waals surface area contributed by atoms with Gasteiger partial charge in [-0.05, 0) is 24.6 Å². The first-order valence-electron chi connectivity index (χ1n) is 3.99. The van der Waals surface area contributed by atoms with Crippen LogP contribution in [-0.2, 0) is 0 Å². The Bertz CT molecular complexity index is 329. The molecule has 1 aromatic rings. The van der Waals surface area contributed by atoms with Crippen molar-refractivity contribution in [2.24, 2.45) is 0 Å². The Morgan fingerprint density at radius 1 is 1.42 bits per heavy atom. The van der Waals surface area contributed by atoms with E-state index in [1.807, 2.05) is 32.0 Å². The maximum Gasteiger partial charge on any atom is 0.0447 e. The highest BCUT2D eigenvalue weighted by Crippen LogP contribution is 2.15. The molecule has 0 spiro atoms. The average molecular weight is 179 g/mol. The van der Waals surface area contributed by atoms with Gasteiger partial charge in [0.1, 0.15) is 0 Å². The second-order valence-corrected chi connectivity index (χ2v) is 3.03. The summed E-state index contributed by atoms with van der Waals surface area (Å²) in [5.41, 5.74) is 2.09. The van der Waals surface area contributed by atoms with Gasteiger partial charge in [0.2, 0.25) is 0 Å². The summed E-state index contributed by atoms with van der Waals surface area (Å²) in [6.45, 7) is 4.02. The van der Waals surface area contributed by atoms with Gasteiger partial charge >= 0.3 is 0 Å². The van der Waals surface area contributed by atoms with Crippen LogP contribution in [0.4, 0.5) is 0 Å². The van der Waals surface area contributed by atoms with E-state index in [-0.39, 0.29) is 0 Å². The van der Waals surface area contributed by atoms with Crippen molar-refractivity contribution < 1.29 is 0 Å². The summed E-state index contributed by atoms with van der Waals surface area (Å²) >= 11 is 5.92. The minimum Gasteiger partial charge on any atom is -0.0982 e. The maximum absolute atomic E-state index is 5.92. The first kappa shape index (κ1) is 9.16. The Balaban J connectivity index is 2.97. The van der Waals surface area contributed by atoms with Crippen molar-refractivity contribution in [2.45, 2.75) is 20.3 Å². The Morgan fingerprint density at radius 3 is 2.75 bits per heavy atom. The van der Waals surface area contributed by atoms with Gasteiger partial charge in [-0.15, -0.1) is 0 Å². The van der Waals surface area contributed by atoms with Crippen LogP contribution in [0.2, 0.25) is 5.02 Å². The summed E-state index contributed by atoms with van der Waals surface area (Å²) < 4.78 is 0. The summed E-state index contributed by atoms with van der Waals surface area (Å²) in [5.74, 6) is 6.03. The summed E-state index contributed by atoms with van der Waals surface area (Å²) in [5, 5.41) is 0.790. The molecule has 1 aromatic carbocycles. The molecule has 12 heavy (non-hydrogen) atoms. The second kappa shape index (κ2) is 4.18. The van der Waals surface area contributed by atoms with Crippen LogP contribution in [0.15, 0.2) is 18.2 Å². The van der Waals surface area contributed by atoms with E-state index in [0.717, 1.165) is 22.6 Å². The molecule has 0 aliphatic heterocycles. The molecule has 0 aromatic heterocycles. The number of hydrogen-bond acceptors (Lipinski definition) is 0. The quantitative estimate of drug-likeness (QED) is 0.534. The summed E-state index contributed by atoms with van der Waals surface area (Å²) in [7, 11) is 0. The Hall–Kier alpha value is -0.930. The fourth-order valence-corrected chi connectivity index (χ4v) is 1.04. The van der Waals surface area contributed by atoms with Crippen molar-refractivity contribution in [3.05, 3.63) is 34.3 Å². The number of hydrogen-bond donors (Lipinski definition) is 0. The number of aryl methyl sites for hydroxylation is 1. The molecule has 0 aliphatic carbocycles. The van der Waals surface area contributed by atoms with Gasteiger partial charge in [-0.3, -0.25) is 0 Å². The van der Waals surface area contributed by atoms with Crippen LogP contribution >= 0.6 is 11.6 Å². The highest BCUT2D eigenvalue weighted by atomic mass is 35.5. The van der Waals surface area contributed by atoms with E-state index in [1.165, 1.54) is 0 Å². The predicted molar refractivity (Wildman–Crippen MR) is 53.4 cm³/mol. The van der Waals surface area contributed by atoms with E-state index in [4.69, 9.17) is 11.6 Å². The van der Waals surface area contributed by atoms with Crippen molar-refractivity contribution in [1.82, 2.24) is 0 Å². The van der Waals surface area contributed by atoms with Crippen molar-refractivity contribution >= 4 is 11.6 Å². The molecule has 0 amide bonds. The Kier molecular flexibility index (Phi) is 3.19. The summed E-state index contributed by atoms with van der Waals surface area (Å²) in [4.78, 5) is 0. The second-order valence-electron chi connectivity index (χ2n) is 2.62. The Labute approximate surface area is 78.6 Å². The molecule has 0 saturated heterocycles. The minimum absolute atomic E-state index is 0.790. The van der Waals surface area contributed by atoms with Crippen molar-refractivity contribution in [3.8, 4) is 11.8 Å². The van der Waals surface area contributed by atoms with Gasteiger partial charge in [0.25, 0.3) is 0 Å². The van der Waals surface area contributed by atoms with Gasteiger partial charge in [0.05, 0.1) is 0 Å². The zero-order chi connectivity index (χ0) is 8.97. The molecule has 0 N–H and O–H groups in total. The number of rotatable bonds is 0. The number of benzene rings is 1. The molecule has 0 atom stereocenters. The Morgan fingerprint density at radius 2 is 2.17 bits per heavy atom. The molecule has 0 heterocycles. The van der Waals surface area contributed by atoms with Crippen LogP contribution in [0.3, 0.4) is 0 Å². The van der Waals surface area contributed by atoms with Crippen LogP contribution in [0.1, 0.15) is 24.5 Å². The van der Waals surface area contributed by atoms with E-state index in [9.17, 15) is 0 Å². The minimum atomic E-state index is 0.790. The van der Waals surface area contributed by atoms with E-state index < -0.39 is 0 Å². The average Bonchev–Trinajstić information content (AvgIpc) is 2.07. The highest BCUT2D eigenvalue weighted by Gasteiger charge is 1.93. The lowest BCUT2D eigenvalue weighted by molar-refractivity contribution is 1.28. The third-order valence-electron chi connectivity index (χ3n) is 1.58. The van der Waals surface area contributed by atoms with E-state index in [0.29, 0.717) is 0 Å². The van der Waals surface area contributed by atoms with Crippen LogP contribution in [0, 0.1) is 18.8 Å². The molecule has 62 valence electrons. The summed E-state index contributed by atoms with van der Waals surface area (Å²) in [6, 6.07) is 5.88. The monoisotopic (exact) mass is 178 g/mol. The van der Waals surface area contributed by atoms with Gasteiger partial charge in [-0.1, -0.05) is 36.4 Å². The van der Waals surface area contributed by atoms with Crippen LogP contribution in [-0.4, -0.2) is 0 Å². The van der Waals surface area contributed by atoms with Crippen LogP contribution in [0.5, 0.6) is 0 Å². The van der Waals surface area contributed by atoms with Crippen LogP contribution < -0.4 is 0 Å². The van der Waals surface area contributed by atoms with Gasteiger partial charge in [-0.2, -0.15) is 0 Å². The van der Waals surface area contributed by atoms with E-state index in [2.05, 4.69) is 11.8 Å². The molecule has 0 fully saturated rings. The van der Waals surface area contributed by atoms with Gasteiger partial charge < -0.3 is 0 Å². The zero-order valence-electron chi connectivity index (χ0n) is 7.32. The van der Waals surface area contributed by atoms with Gasteiger partial charge in [0.15, 0.2) is 0 Å². The zero-order valence-corrected chi connectivity index (χ0v) is 8.07. The maximum atomic E-state index is 5.92. The lowest BCUT2D eigenvalue weighted by Crippen LogP contribution is -1.77. The van der Waals surface area contributed by atoms with Crippen molar-refractivity contribution in [2.75, 3.05) is 0 Å². The highest BCUT2D eigenvalue weighted by molar-refractivity contribution is 6.31. The largest absolute Gasteiger partial charge is 0.0982 e. The topological polar surface area (TPSA) is 0 Å². The molecule has 1 heteroatoms. The first-order valence-corrected chi connectivity index (χ1v) is 4.37. The fourth-order valence-electron chi connectivity index (χ4n) is 0.861. The fraction of sp³-hybridized carbons (Fsp3) is 0.273. The standard InChI is InChI=1S/C11H11Cl/c1-3-4-5-10-7-6-9(2)11(12)8-10/h6-8H,3H2,1-2H3. The van der Waals surface area contributed by atoms with E-state index >= 15 is 0 Å². The molecule has 1 rings (SSSR count).